The normalized spacial score (nSPS) is 10.8. The van der Waals surface area contributed by atoms with Crippen molar-refractivity contribution in [1.29, 1.82) is 0 Å². The zero-order chi connectivity index (χ0) is 19.3. The van der Waals surface area contributed by atoms with Crippen LogP contribution in [0.15, 0.2) is 58.7 Å². The lowest BCUT2D eigenvalue weighted by Crippen LogP contribution is -2.08. The standard InChI is InChI=1S/C19H13ClN4O3S/c20-15-6-2-1-5-14(15)18-23-16(27-24-18)10-26-17(25)8-13-11-28-19(22-13)12-4-3-7-21-9-12/h1-7,9,11H,8,10H2. The second-order valence-corrected chi connectivity index (χ2v) is 6.98. The molecule has 0 aliphatic rings. The molecule has 3 heterocycles. The van der Waals surface area contributed by atoms with Gasteiger partial charge < -0.3 is 9.26 Å². The lowest BCUT2D eigenvalue weighted by Gasteiger charge is -2.00. The summed E-state index contributed by atoms with van der Waals surface area (Å²) < 4.78 is 10.3. The third-order valence-electron chi connectivity index (χ3n) is 3.73. The van der Waals surface area contributed by atoms with E-state index in [4.69, 9.17) is 20.9 Å². The number of hydrogen-bond acceptors (Lipinski definition) is 8. The van der Waals surface area contributed by atoms with Gasteiger partial charge in [0, 0.05) is 28.9 Å². The van der Waals surface area contributed by atoms with Crippen LogP contribution in [0, 0.1) is 0 Å². The van der Waals surface area contributed by atoms with Crippen LogP contribution in [-0.4, -0.2) is 26.1 Å². The van der Waals surface area contributed by atoms with E-state index >= 15 is 0 Å². The lowest BCUT2D eigenvalue weighted by molar-refractivity contribution is -0.144. The summed E-state index contributed by atoms with van der Waals surface area (Å²) in [4.78, 5) is 24.8. The summed E-state index contributed by atoms with van der Waals surface area (Å²) >= 11 is 7.56. The van der Waals surface area contributed by atoms with E-state index in [0.29, 0.717) is 22.1 Å². The quantitative estimate of drug-likeness (QED) is 0.438. The minimum absolute atomic E-state index is 0.0578. The molecule has 0 aliphatic carbocycles. The summed E-state index contributed by atoms with van der Waals surface area (Å²) in [6.07, 6.45) is 3.49. The average molecular weight is 413 g/mol. The monoisotopic (exact) mass is 412 g/mol. The molecule has 0 amide bonds. The third-order valence-corrected chi connectivity index (χ3v) is 4.99. The Hall–Kier alpha value is -3.10. The van der Waals surface area contributed by atoms with Crippen LogP contribution < -0.4 is 0 Å². The van der Waals surface area contributed by atoms with E-state index in [9.17, 15) is 4.79 Å². The van der Waals surface area contributed by atoms with Gasteiger partial charge in [-0.05, 0) is 24.3 Å². The summed E-state index contributed by atoms with van der Waals surface area (Å²) in [5.41, 5.74) is 2.19. The minimum Gasteiger partial charge on any atom is -0.455 e. The summed E-state index contributed by atoms with van der Waals surface area (Å²) in [6, 6.07) is 10.9. The highest BCUT2D eigenvalue weighted by Crippen LogP contribution is 2.25. The van der Waals surface area contributed by atoms with Crippen LogP contribution in [-0.2, 0) is 22.6 Å². The van der Waals surface area contributed by atoms with E-state index < -0.39 is 5.97 Å². The van der Waals surface area contributed by atoms with Crippen molar-refractivity contribution in [2.45, 2.75) is 13.0 Å². The number of aromatic nitrogens is 4. The summed E-state index contributed by atoms with van der Waals surface area (Å²) in [7, 11) is 0. The van der Waals surface area contributed by atoms with E-state index in [0.717, 1.165) is 10.6 Å². The van der Waals surface area contributed by atoms with Crippen molar-refractivity contribution in [3.63, 3.8) is 0 Å². The van der Waals surface area contributed by atoms with Gasteiger partial charge in [-0.1, -0.05) is 28.9 Å². The molecule has 7 nitrogen and oxygen atoms in total. The molecule has 9 heteroatoms. The largest absolute Gasteiger partial charge is 0.455 e. The van der Waals surface area contributed by atoms with Crippen LogP contribution in [0.3, 0.4) is 0 Å². The van der Waals surface area contributed by atoms with Crippen molar-refractivity contribution in [3.8, 4) is 22.0 Å². The van der Waals surface area contributed by atoms with Crippen LogP contribution in [0.1, 0.15) is 11.6 Å². The highest BCUT2D eigenvalue weighted by molar-refractivity contribution is 7.13. The SMILES string of the molecule is O=C(Cc1csc(-c2cccnc2)n1)OCc1nc(-c2ccccc2Cl)no1. The zero-order valence-corrected chi connectivity index (χ0v) is 16.0. The minimum atomic E-state index is -0.430. The Balaban J connectivity index is 1.34. The van der Waals surface area contributed by atoms with Gasteiger partial charge in [0.15, 0.2) is 6.61 Å². The van der Waals surface area contributed by atoms with E-state index in [1.54, 1.807) is 24.5 Å². The van der Waals surface area contributed by atoms with Gasteiger partial charge in [-0.3, -0.25) is 9.78 Å². The van der Waals surface area contributed by atoms with E-state index in [1.807, 2.05) is 29.6 Å². The van der Waals surface area contributed by atoms with Gasteiger partial charge >= 0.3 is 5.97 Å². The first kappa shape index (κ1) is 18.3. The van der Waals surface area contributed by atoms with E-state index in [2.05, 4.69) is 20.1 Å². The number of rotatable bonds is 6. The Bertz CT molecular complexity index is 1100. The average Bonchev–Trinajstić information content (AvgIpc) is 3.37. The van der Waals surface area contributed by atoms with Gasteiger partial charge in [-0.25, -0.2) is 4.98 Å². The molecular weight excluding hydrogens is 400 g/mol. The Labute approximate surface area is 169 Å². The van der Waals surface area contributed by atoms with Crippen LogP contribution in [0.2, 0.25) is 5.02 Å². The Morgan fingerprint density at radius 2 is 2.07 bits per heavy atom. The molecule has 0 aliphatic heterocycles. The number of nitrogens with zero attached hydrogens (tertiary/aromatic N) is 4. The molecule has 0 saturated heterocycles. The van der Waals surface area contributed by atoms with E-state index in [1.165, 1.54) is 11.3 Å². The zero-order valence-electron chi connectivity index (χ0n) is 14.4. The molecule has 4 aromatic rings. The third kappa shape index (κ3) is 4.24. The molecule has 0 radical (unpaired) electrons. The maximum atomic E-state index is 12.1. The van der Waals surface area contributed by atoms with Crippen LogP contribution in [0.5, 0.6) is 0 Å². The van der Waals surface area contributed by atoms with Gasteiger partial charge in [0.1, 0.15) is 5.01 Å². The van der Waals surface area contributed by atoms with Crippen molar-refractivity contribution in [2.24, 2.45) is 0 Å². The predicted octanol–water partition coefficient (Wildman–Crippen LogP) is 4.19. The fourth-order valence-corrected chi connectivity index (χ4v) is 3.45. The fraction of sp³-hybridized carbons (Fsp3) is 0.105. The smallest absolute Gasteiger partial charge is 0.312 e. The van der Waals surface area contributed by atoms with Gasteiger partial charge in [-0.15, -0.1) is 11.3 Å². The second kappa shape index (κ2) is 8.28. The number of ether oxygens (including phenoxy) is 1. The summed E-state index contributed by atoms with van der Waals surface area (Å²) in [5, 5.41) is 7.01. The van der Waals surface area contributed by atoms with Crippen LogP contribution >= 0.6 is 22.9 Å². The predicted molar refractivity (Wildman–Crippen MR) is 104 cm³/mol. The summed E-state index contributed by atoms with van der Waals surface area (Å²) in [5.74, 6) is 0.107. The maximum absolute atomic E-state index is 12.1. The Morgan fingerprint density at radius 3 is 2.89 bits per heavy atom. The maximum Gasteiger partial charge on any atom is 0.312 e. The van der Waals surface area contributed by atoms with Gasteiger partial charge in [0.2, 0.25) is 5.82 Å². The Morgan fingerprint density at radius 1 is 1.18 bits per heavy atom. The molecular formula is C19H13ClN4O3S. The molecule has 0 atom stereocenters. The second-order valence-electron chi connectivity index (χ2n) is 5.71. The number of carbonyl (C=O) groups is 1. The number of carbonyl (C=O) groups excluding carboxylic acids is 1. The molecule has 0 unspecified atom stereocenters. The van der Waals surface area contributed by atoms with Crippen molar-refractivity contribution in [1.82, 2.24) is 20.1 Å². The number of benzene rings is 1. The molecule has 4 rings (SSSR count). The van der Waals surface area contributed by atoms with Crippen LogP contribution in [0.25, 0.3) is 22.0 Å². The summed E-state index contributed by atoms with van der Waals surface area (Å²) in [6.45, 7) is -0.115. The Kier molecular flexibility index (Phi) is 5.41. The molecule has 28 heavy (non-hydrogen) atoms. The highest BCUT2D eigenvalue weighted by atomic mass is 35.5. The number of esters is 1. The van der Waals surface area contributed by atoms with E-state index in [-0.39, 0.29) is 18.9 Å². The topological polar surface area (TPSA) is 91.0 Å². The molecule has 3 aromatic heterocycles. The highest BCUT2D eigenvalue weighted by Gasteiger charge is 2.14. The van der Waals surface area contributed by atoms with Crippen molar-refractivity contribution in [3.05, 3.63) is 70.8 Å². The van der Waals surface area contributed by atoms with Crippen molar-refractivity contribution < 1.29 is 14.1 Å². The molecule has 0 saturated carbocycles. The molecule has 140 valence electrons. The molecule has 0 fully saturated rings. The number of halogens is 1. The lowest BCUT2D eigenvalue weighted by atomic mass is 10.2. The number of thiazole rings is 1. The molecule has 0 N–H and O–H groups in total. The van der Waals surface area contributed by atoms with Crippen LogP contribution in [0.4, 0.5) is 0 Å². The first-order valence-electron chi connectivity index (χ1n) is 8.27. The first-order chi connectivity index (χ1) is 13.7. The first-order valence-corrected chi connectivity index (χ1v) is 9.53. The van der Waals surface area contributed by atoms with Crippen molar-refractivity contribution in [2.75, 3.05) is 0 Å². The molecule has 1 aromatic carbocycles. The van der Waals surface area contributed by atoms with Gasteiger partial charge in [0.05, 0.1) is 17.1 Å². The van der Waals surface area contributed by atoms with Gasteiger partial charge in [-0.2, -0.15) is 4.98 Å². The number of pyridine rings is 1. The molecule has 0 spiro atoms. The van der Waals surface area contributed by atoms with Crippen molar-refractivity contribution >= 4 is 28.9 Å². The van der Waals surface area contributed by atoms with Gasteiger partial charge in [0.25, 0.3) is 5.89 Å². The molecule has 0 bridgehead atoms. The number of hydrogen-bond donors (Lipinski definition) is 0. The fourth-order valence-electron chi connectivity index (χ4n) is 2.42.